The van der Waals surface area contributed by atoms with Crippen molar-refractivity contribution in [2.75, 3.05) is 14.2 Å². The topological polar surface area (TPSA) is 59.7 Å². The van der Waals surface area contributed by atoms with Crippen LogP contribution in [0.1, 0.15) is 27.3 Å². The van der Waals surface area contributed by atoms with Crippen LogP contribution in [-0.4, -0.2) is 39.6 Å². The van der Waals surface area contributed by atoms with Crippen LogP contribution < -0.4 is 4.74 Å². The zero-order chi connectivity index (χ0) is 18.1. The lowest BCUT2D eigenvalue weighted by molar-refractivity contribution is 0.0786. The number of halogens is 1. The molecule has 0 radical (unpaired) electrons. The van der Waals surface area contributed by atoms with Gasteiger partial charge < -0.3 is 9.64 Å². The Morgan fingerprint density at radius 2 is 2.08 bits per heavy atom. The highest BCUT2D eigenvalue weighted by molar-refractivity contribution is 9.10. The van der Waals surface area contributed by atoms with Gasteiger partial charge in [0.05, 0.1) is 13.3 Å². The zero-order valence-corrected chi connectivity index (χ0v) is 16.2. The second-order valence-electron chi connectivity index (χ2n) is 5.95. The number of amides is 1. The van der Waals surface area contributed by atoms with Gasteiger partial charge in [-0.25, -0.2) is 9.50 Å². The third kappa shape index (κ3) is 3.37. The highest BCUT2D eigenvalue weighted by Gasteiger charge is 2.20. The Labute approximate surface area is 154 Å². The number of hydrogen-bond donors (Lipinski definition) is 0. The lowest BCUT2D eigenvalue weighted by Gasteiger charge is -2.18. The fourth-order valence-electron chi connectivity index (χ4n) is 2.82. The summed E-state index contributed by atoms with van der Waals surface area (Å²) in [7, 11) is 3.38. The maximum atomic E-state index is 12.9. The van der Waals surface area contributed by atoms with Crippen molar-refractivity contribution >= 4 is 27.5 Å². The molecule has 0 atom stereocenters. The Morgan fingerprint density at radius 3 is 2.80 bits per heavy atom. The molecule has 0 aliphatic heterocycles. The molecule has 2 aromatic heterocycles. The average Bonchev–Trinajstić information content (AvgIpc) is 2.98. The van der Waals surface area contributed by atoms with Crippen molar-refractivity contribution in [3.8, 4) is 5.75 Å². The maximum absolute atomic E-state index is 12.9. The monoisotopic (exact) mass is 402 g/mol. The van der Waals surface area contributed by atoms with E-state index in [1.165, 1.54) is 0 Å². The summed E-state index contributed by atoms with van der Waals surface area (Å²) >= 11 is 3.46. The first kappa shape index (κ1) is 17.4. The SMILES string of the molecule is COc1ccc(Br)cc1CN(C)C(=O)c1cnn2c(C)cc(C)nc12. The second kappa shape index (κ2) is 6.84. The molecule has 0 bridgehead atoms. The Morgan fingerprint density at radius 1 is 1.32 bits per heavy atom. The first-order chi connectivity index (χ1) is 11.9. The van der Waals surface area contributed by atoms with Gasteiger partial charge in [-0.05, 0) is 38.1 Å². The highest BCUT2D eigenvalue weighted by atomic mass is 79.9. The summed E-state index contributed by atoms with van der Waals surface area (Å²) in [4.78, 5) is 19.0. The van der Waals surface area contributed by atoms with Gasteiger partial charge in [-0.15, -0.1) is 0 Å². The van der Waals surface area contributed by atoms with Crippen LogP contribution in [0.3, 0.4) is 0 Å². The summed E-state index contributed by atoms with van der Waals surface area (Å²) in [6.07, 6.45) is 1.58. The molecule has 0 aliphatic rings. The minimum absolute atomic E-state index is 0.130. The number of aromatic nitrogens is 3. The van der Waals surface area contributed by atoms with E-state index in [4.69, 9.17) is 4.74 Å². The number of benzene rings is 1. The number of fused-ring (bicyclic) bond motifs is 1. The number of aryl methyl sites for hydroxylation is 2. The third-order valence-corrected chi connectivity index (χ3v) is 4.50. The first-order valence-electron chi connectivity index (χ1n) is 7.80. The summed E-state index contributed by atoms with van der Waals surface area (Å²) in [5.74, 6) is 0.613. The Bertz CT molecular complexity index is 952. The van der Waals surface area contributed by atoms with Crippen LogP contribution in [-0.2, 0) is 6.54 Å². The van der Waals surface area contributed by atoms with E-state index in [9.17, 15) is 4.79 Å². The molecule has 1 amide bonds. The van der Waals surface area contributed by atoms with Gasteiger partial charge >= 0.3 is 0 Å². The second-order valence-corrected chi connectivity index (χ2v) is 6.87. The first-order valence-corrected chi connectivity index (χ1v) is 8.60. The largest absolute Gasteiger partial charge is 0.496 e. The van der Waals surface area contributed by atoms with Crippen LogP contribution in [0.2, 0.25) is 0 Å². The molecule has 130 valence electrons. The molecule has 3 rings (SSSR count). The number of ether oxygens (including phenoxy) is 1. The standard InChI is InChI=1S/C18H19BrN4O2/c1-11-7-12(2)23-17(21-11)15(9-20-23)18(24)22(3)10-13-8-14(19)5-6-16(13)25-4/h5-9H,10H2,1-4H3. The van der Waals surface area contributed by atoms with Crippen molar-refractivity contribution < 1.29 is 9.53 Å². The van der Waals surface area contributed by atoms with Crippen LogP contribution in [0.4, 0.5) is 0 Å². The van der Waals surface area contributed by atoms with E-state index in [1.54, 1.807) is 29.8 Å². The van der Waals surface area contributed by atoms with Gasteiger partial charge in [0.2, 0.25) is 0 Å². The number of carbonyl (C=O) groups excluding carboxylic acids is 1. The van der Waals surface area contributed by atoms with Crippen molar-refractivity contribution in [3.63, 3.8) is 0 Å². The lowest BCUT2D eigenvalue weighted by atomic mass is 10.2. The van der Waals surface area contributed by atoms with Gasteiger partial charge in [0.25, 0.3) is 5.91 Å². The van der Waals surface area contributed by atoms with E-state index in [1.807, 2.05) is 38.1 Å². The fourth-order valence-corrected chi connectivity index (χ4v) is 3.23. The van der Waals surface area contributed by atoms with E-state index in [0.717, 1.165) is 27.2 Å². The predicted molar refractivity (Wildman–Crippen MR) is 99.0 cm³/mol. The molecule has 0 N–H and O–H groups in total. The van der Waals surface area contributed by atoms with Crippen molar-refractivity contribution in [2.45, 2.75) is 20.4 Å². The number of rotatable bonds is 4. The van der Waals surface area contributed by atoms with Crippen molar-refractivity contribution in [2.24, 2.45) is 0 Å². The molecular formula is C18H19BrN4O2. The third-order valence-electron chi connectivity index (χ3n) is 4.01. The Balaban J connectivity index is 1.92. The van der Waals surface area contributed by atoms with Crippen LogP contribution in [0.15, 0.2) is 34.9 Å². The van der Waals surface area contributed by atoms with Gasteiger partial charge in [-0.1, -0.05) is 15.9 Å². The van der Waals surface area contributed by atoms with Gasteiger partial charge in [0.1, 0.15) is 11.3 Å². The Kier molecular flexibility index (Phi) is 4.76. The Hall–Kier alpha value is -2.41. The molecule has 0 fully saturated rings. The summed E-state index contributed by atoms with van der Waals surface area (Å²) < 4.78 is 8.01. The summed E-state index contributed by atoms with van der Waals surface area (Å²) in [5, 5.41) is 4.29. The molecule has 3 aromatic rings. The van der Waals surface area contributed by atoms with Crippen LogP contribution in [0, 0.1) is 13.8 Å². The molecule has 25 heavy (non-hydrogen) atoms. The molecule has 0 saturated heterocycles. The highest BCUT2D eigenvalue weighted by Crippen LogP contribution is 2.25. The minimum Gasteiger partial charge on any atom is -0.496 e. The van der Waals surface area contributed by atoms with Gasteiger partial charge in [0.15, 0.2) is 5.65 Å². The summed E-state index contributed by atoms with van der Waals surface area (Å²) in [6, 6.07) is 7.67. The molecule has 2 heterocycles. The zero-order valence-electron chi connectivity index (χ0n) is 14.6. The smallest absolute Gasteiger partial charge is 0.259 e. The molecule has 7 heteroatoms. The molecular weight excluding hydrogens is 384 g/mol. The predicted octanol–water partition coefficient (Wildman–Crippen LogP) is 3.39. The minimum atomic E-state index is -0.130. The van der Waals surface area contributed by atoms with Crippen LogP contribution in [0.5, 0.6) is 5.75 Å². The molecule has 0 unspecified atom stereocenters. The summed E-state index contributed by atoms with van der Waals surface area (Å²) in [6.45, 7) is 4.27. The number of nitrogens with zero attached hydrogens (tertiary/aromatic N) is 4. The molecule has 0 aliphatic carbocycles. The number of hydrogen-bond acceptors (Lipinski definition) is 4. The van der Waals surface area contributed by atoms with Gasteiger partial charge in [0, 0.05) is 35.0 Å². The van der Waals surface area contributed by atoms with Crippen molar-refractivity contribution in [1.82, 2.24) is 19.5 Å². The maximum Gasteiger partial charge on any atom is 0.259 e. The quantitative estimate of drug-likeness (QED) is 0.670. The van der Waals surface area contributed by atoms with E-state index >= 15 is 0 Å². The fraction of sp³-hybridized carbons (Fsp3) is 0.278. The lowest BCUT2D eigenvalue weighted by Crippen LogP contribution is -2.26. The summed E-state index contributed by atoms with van der Waals surface area (Å²) in [5.41, 5.74) is 3.79. The van der Waals surface area contributed by atoms with Crippen molar-refractivity contribution in [1.29, 1.82) is 0 Å². The average molecular weight is 403 g/mol. The molecule has 0 spiro atoms. The van der Waals surface area contributed by atoms with Crippen LogP contribution in [0.25, 0.3) is 5.65 Å². The van der Waals surface area contributed by atoms with Crippen molar-refractivity contribution in [3.05, 3.63) is 57.4 Å². The van der Waals surface area contributed by atoms with Gasteiger partial charge in [-0.2, -0.15) is 5.10 Å². The van der Waals surface area contributed by atoms with Crippen LogP contribution >= 0.6 is 15.9 Å². The number of carbonyl (C=O) groups is 1. The molecule has 6 nitrogen and oxygen atoms in total. The molecule has 0 saturated carbocycles. The van der Waals surface area contributed by atoms with E-state index in [0.29, 0.717) is 17.8 Å². The molecule has 1 aromatic carbocycles. The van der Waals surface area contributed by atoms with E-state index in [-0.39, 0.29) is 5.91 Å². The normalized spacial score (nSPS) is 10.9. The number of methoxy groups -OCH3 is 1. The van der Waals surface area contributed by atoms with Gasteiger partial charge in [-0.3, -0.25) is 4.79 Å². The van der Waals surface area contributed by atoms with E-state index < -0.39 is 0 Å². The van der Waals surface area contributed by atoms with E-state index in [2.05, 4.69) is 26.0 Å².